The molecule has 0 spiro atoms. The highest BCUT2D eigenvalue weighted by Gasteiger charge is 2.09. The van der Waals surface area contributed by atoms with E-state index in [0.29, 0.717) is 5.56 Å². The highest BCUT2D eigenvalue weighted by Crippen LogP contribution is 2.31. The molecule has 3 aromatic rings. The number of nitrogens with zero attached hydrogens (tertiary/aromatic N) is 2. The molecule has 4 heteroatoms. The van der Waals surface area contributed by atoms with Gasteiger partial charge in [0.1, 0.15) is 6.07 Å². The largest absolute Gasteiger partial charge is 0.354 e. The molecule has 0 unspecified atom stereocenters. The van der Waals surface area contributed by atoms with Gasteiger partial charge in [-0.15, -0.1) is 11.8 Å². The molecule has 0 saturated heterocycles. The van der Waals surface area contributed by atoms with E-state index in [9.17, 15) is 5.26 Å². The predicted molar refractivity (Wildman–Crippen MR) is 88.0 cm³/mol. The minimum Gasteiger partial charge on any atom is -0.354 e. The maximum Gasteiger partial charge on any atom is 0.103 e. The van der Waals surface area contributed by atoms with E-state index in [1.54, 1.807) is 18.0 Å². The van der Waals surface area contributed by atoms with Crippen LogP contribution in [0.25, 0.3) is 10.9 Å². The van der Waals surface area contributed by atoms with Crippen molar-refractivity contribution in [3.63, 3.8) is 0 Å². The van der Waals surface area contributed by atoms with Crippen molar-refractivity contribution in [3.05, 3.63) is 60.3 Å². The quantitative estimate of drug-likeness (QED) is 0.718. The van der Waals surface area contributed by atoms with Gasteiger partial charge in [0.05, 0.1) is 16.8 Å². The Bertz CT molecular complexity index is 832. The third kappa shape index (κ3) is 2.56. The van der Waals surface area contributed by atoms with Crippen molar-refractivity contribution in [2.24, 2.45) is 0 Å². The molecule has 0 radical (unpaired) electrons. The first-order valence-corrected chi connectivity index (χ1v) is 7.74. The minimum atomic E-state index is 0.672. The summed E-state index contributed by atoms with van der Waals surface area (Å²) < 4.78 is 0. The molecule has 3 nitrogen and oxygen atoms in total. The summed E-state index contributed by atoms with van der Waals surface area (Å²) in [5.41, 5.74) is 3.38. The van der Waals surface area contributed by atoms with Crippen LogP contribution < -0.4 is 5.32 Å². The molecule has 1 heterocycles. The van der Waals surface area contributed by atoms with Gasteiger partial charge in [0, 0.05) is 22.2 Å². The predicted octanol–water partition coefficient (Wildman–Crippen LogP) is 4.57. The fourth-order valence-corrected chi connectivity index (χ4v) is 2.85. The molecule has 0 aliphatic heterocycles. The maximum absolute atomic E-state index is 9.41. The van der Waals surface area contributed by atoms with Crippen LogP contribution in [0.2, 0.25) is 0 Å². The maximum atomic E-state index is 9.41. The molecule has 0 aliphatic carbocycles. The number of nitriles is 1. The van der Waals surface area contributed by atoms with E-state index in [0.717, 1.165) is 27.2 Å². The molecule has 0 aliphatic rings. The zero-order valence-electron chi connectivity index (χ0n) is 11.5. The molecule has 102 valence electrons. The monoisotopic (exact) mass is 291 g/mol. The Morgan fingerprint density at radius 1 is 1.05 bits per heavy atom. The van der Waals surface area contributed by atoms with Gasteiger partial charge in [-0.3, -0.25) is 4.98 Å². The smallest absolute Gasteiger partial charge is 0.103 e. The number of aromatic nitrogens is 1. The van der Waals surface area contributed by atoms with Crippen LogP contribution in [-0.4, -0.2) is 11.2 Å². The second-order valence-corrected chi connectivity index (χ2v) is 5.34. The lowest BCUT2D eigenvalue weighted by Gasteiger charge is -2.12. The summed E-state index contributed by atoms with van der Waals surface area (Å²) in [4.78, 5) is 5.32. The fourth-order valence-electron chi connectivity index (χ4n) is 2.28. The van der Waals surface area contributed by atoms with Crippen molar-refractivity contribution in [1.82, 2.24) is 4.98 Å². The van der Waals surface area contributed by atoms with Crippen LogP contribution in [0, 0.1) is 11.3 Å². The summed E-state index contributed by atoms with van der Waals surface area (Å²) >= 11 is 1.57. The van der Waals surface area contributed by atoms with Gasteiger partial charge in [-0.05, 0) is 42.7 Å². The Morgan fingerprint density at radius 3 is 2.67 bits per heavy atom. The van der Waals surface area contributed by atoms with E-state index < -0.39 is 0 Å². The Labute approximate surface area is 127 Å². The SMILES string of the molecule is CSc1cccc(Nc2cccc3ncccc23)c1C#N. The Morgan fingerprint density at radius 2 is 1.86 bits per heavy atom. The van der Waals surface area contributed by atoms with Crippen LogP contribution in [-0.2, 0) is 0 Å². The van der Waals surface area contributed by atoms with Gasteiger partial charge in [-0.2, -0.15) is 5.26 Å². The molecule has 1 aromatic heterocycles. The van der Waals surface area contributed by atoms with Crippen LogP contribution in [0.15, 0.2) is 59.6 Å². The van der Waals surface area contributed by atoms with E-state index in [2.05, 4.69) is 16.4 Å². The first kappa shape index (κ1) is 13.5. The number of anilines is 2. The van der Waals surface area contributed by atoms with Crippen molar-refractivity contribution in [2.45, 2.75) is 4.90 Å². The third-order valence-corrected chi connectivity index (χ3v) is 4.05. The number of rotatable bonds is 3. The summed E-state index contributed by atoms with van der Waals surface area (Å²) in [6, 6.07) is 18.0. The van der Waals surface area contributed by atoms with Gasteiger partial charge < -0.3 is 5.32 Å². The van der Waals surface area contributed by atoms with Crippen LogP contribution >= 0.6 is 11.8 Å². The Kier molecular flexibility index (Phi) is 3.76. The average molecular weight is 291 g/mol. The van der Waals surface area contributed by atoms with Gasteiger partial charge in [0.2, 0.25) is 0 Å². The summed E-state index contributed by atoms with van der Waals surface area (Å²) in [7, 11) is 0. The zero-order chi connectivity index (χ0) is 14.7. The van der Waals surface area contributed by atoms with Crippen molar-refractivity contribution < 1.29 is 0 Å². The molecule has 1 N–H and O–H groups in total. The average Bonchev–Trinajstić information content (AvgIpc) is 2.55. The molecular formula is C17H13N3S. The third-order valence-electron chi connectivity index (χ3n) is 3.27. The Balaban J connectivity index is 2.10. The zero-order valence-corrected chi connectivity index (χ0v) is 12.3. The second-order valence-electron chi connectivity index (χ2n) is 4.50. The number of pyridine rings is 1. The van der Waals surface area contributed by atoms with Gasteiger partial charge in [-0.1, -0.05) is 12.1 Å². The molecule has 0 bridgehead atoms. The fraction of sp³-hybridized carbons (Fsp3) is 0.0588. The summed E-state index contributed by atoms with van der Waals surface area (Å²) in [5, 5.41) is 13.8. The normalized spacial score (nSPS) is 10.3. The topological polar surface area (TPSA) is 48.7 Å². The highest BCUT2D eigenvalue weighted by atomic mass is 32.2. The van der Waals surface area contributed by atoms with Crippen LogP contribution in [0.3, 0.4) is 0 Å². The lowest BCUT2D eigenvalue weighted by Crippen LogP contribution is -1.96. The molecule has 3 rings (SSSR count). The van der Waals surface area contributed by atoms with Gasteiger partial charge in [0.15, 0.2) is 0 Å². The number of fused-ring (bicyclic) bond motifs is 1. The van der Waals surface area contributed by atoms with E-state index in [1.165, 1.54) is 0 Å². The van der Waals surface area contributed by atoms with Gasteiger partial charge >= 0.3 is 0 Å². The number of benzene rings is 2. The standard InChI is InChI=1S/C17H13N3S/c1-21-17-9-3-8-16(13(17)11-18)20-15-7-2-6-14-12(15)5-4-10-19-14/h2-10,20H,1H3. The lowest BCUT2D eigenvalue weighted by molar-refractivity contribution is 1.36. The van der Waals surface area contributed by atoms with E-state index in [1.807, 2.05) is 54.8 Å². The Hall–Kier alpha value is -2.51. The molecule has 21 heavy (non-hydrogen) atoms. The molecule has 2 aromatic carbocycles. The first-order chi connectivity index (χ1) is 10.3. The number of hydrogen-bond acceptors (Lipinski definition) is 4. The second kappa shape index (κ2) is 5.86. The summed E-state index contributed by atoms with van der Waals surface area (Å²) in [5.74, 6) is 0. The number of thioether (sulfide) groups is 1. The molecule has 0 atom stereocenters. The van der Waals surface area contributed by atoms with E-state index in [-0.39, 0.29) is 0 Å². The van der Waals surface area contributed by atoms with Crippen molar-refractivity contribution in [2.75, 3.05) is 11.6 Å². The van der Waals surface area contributed by atoms with E-state index in [4.69, 9.17) is 0 Å². The summed E-state index contributed by atoms with van der Waals surface area (Å²) in [6.45, 7) is 0. The molecule has 0 amide bonds. The first-order valence-electron chi connectivity index (χ1n) is 6.51. The van der Waals surface area contributed by atoms with Crippen LogP contribution in [0.5, 0.6) is 0 Å². The minimum absolute atomic E-state index is 0.672. The number of hydrogen-bond donors (Lipinski definition) is 1. The van der Waals surface area contributed by atoms with E-state index >= 15 is 0 Å². The molecule has 0 saturated carbocycles. The molecule has 0 fully saturated rings. The van der Waals surface area contributed by atoms with Crippen molar-refractivity contribution in [1.29, 1.82) is 5.26 Å². The number of nitrogens with one attached hydrogen (secondary N) is 1. The van der Waals surface area contributed by atoms with Gasteiger partial charge in [0.25, 0.3) is 0 Å². The van der Waals surface area contributed by atoms with Crippen molar-refractivity contribution in [3.8, 4) is 6.07 Å². The van der Waals surface area contributed by atoms with Crippen LogP contribution in [0.4, 0.5) is 11.4 Å². The highest BCUT2D eigenvalue weighted by molar-refractivity contribution is 7.98. The van der Waals surface area contributed by atoms with Gasteiger partial charge in [-0.25, -0.2) is 0 Å². The lowest BCUT2D eigenvalue weighted by atomic mass is 10.1. The molecular weight excluding hydrogens is 278 g/mol. The van der Waals surface area contributed by atoms with Crippen LogP contribution in [0.1, 0.15) is 5.56 Å². The summed E-state index contributed by atoms with van der Waals surface area (Å²) in [6.07, 6.45) is 3.75. The van der Waals surface area contributed by atoms with Crippen molar-refractivity contribution >= 4 is 34.0 Å².